The Morgan fingerprint density at radius 1 is 1.58 bits per heavy atom. The van der Waals surface area contributed by atoms with Gasteiger partial charge in [0.1, 0.15) is 5.76 Å². The zero-order valence-electron chi connectivity index (χ0n) is 10.1. The Bertz CT molecular complexity index is 675. The minimum absolute atomic E-state index is 0.153. The van der Waals surface area contributed by atoms with Crippen LogP contribution in [0.3, 0.4) is 0 Å². The van der Waals surface area contributed by atoms with Crippen LogP contribution in [0.25, 0.3) is 0 Å². The van der Waals surface area contributed by atoms with Crippen molar-refractivity contribution in [2.24, 2.45) is 5.84 Å². The summed E-state index contributed by atoms with van der Waals surface area (Å²) in [6, 6.07) is 5.12. The number of nitrogens with two attached hydrogens (primary N) is 1. The second-order valence-corrected chi connectivity index (χ2v) is 4.84. The maximum absolute atomic E-state index is 11.8. The fourth-order valence-electron chi connectivity index (χ4n) is 1.72. The molecule has 2 rings (SSSR count). The van der Waals surface area contributed by atoms with Gasteiger partial charge >= 0.3 is 5.91 Å². The molecule has 0 aliphatic heterocycles. The Kier molecular flexibility index (Phi) is 3.87. The van der Waals surface area contributed by atoms with Crippen molar-refractivity contribution < 1.29 is 9.21 Å². The number of hydrogen-bond acceptors (Lipinski definition) is 4. The van der Waals surface area contributed by atoms with Crippen LogP contribution in [0.5, 0.6) is 0 Å². The van der Waals surface area contributed by atoms with Crippen molar-refractivity contribution >= 4 is 21.8 Å². The molecule has 7 heteroatoms. The summed E-state index contributed by atoms with van der Waals surface area (Å²) in [5, 5.41) is 0. The smallest absolute Gasteiger partial charge is 0.301 e. The third kappa shape index (κ3) is 2.77. The Balaban J connectivity index is 2.32. The van der Waals surface area contributed by atoms with Gasteiger partial charge in [-0.15, -0.1) is 0 Å². The van der Waals surface area contributed by atoms with Crippen molar-refractivity contribution in [2.45, 2.75) is 13.5 Å². The number of carbonyl (C=O) groups excluding carboxylic acids is 1. The zero-order chi connectivity index (χ0) is 14.0. The number of aromatic nitrogens is 1. The number of halogens is 1. The van der Waals surface area contributed by atoms with Crippen molar-refractivity contribution in [3.05, 3.63) is 56.3 Å². The molecular weight excluding hydrogens is 314 g/mol. The summed E-state index contributed by atoms with van der Waals surface area (Å²) in [6.45, 7) is 1.98. The normalized spacial score (nSPS) is 10.5. The molecule has 6 nitrogen and oxygen atoms in total. The molecule has 0 atom stereocenters. The quantitative estimate of drug-likeness (QED) is 0.503. The first kappa shape index (κ1) is 13.6. The maximum atomic E-state index is 11.8. The van der Waals surface area contributed by atoms with Gasteiger partial charge in [-0.1, -0.05) is 0 Å². The number of nitrogens with one attached hydrogen (secondary N) is 1. The van der Waals surface area contributed by atoms with E-state index in [-0.39, 0.29) is 17.9 Å². The average molecular weight is 326 g/mol. The molecule has 0 saturated carbocycles. The molecule has 2 aromatic rings. The summed E-state index contributed by atoms with van der Waals surface area (Å²) in [7, 11) is 0. The third-order valence-corrected chi connectivity index (χ3v) is 3.21. The second kappa shape index (κ2) is 5.41. The number of nitrogens with zero attached hydrogens (tertiary/aromatic N) is 1. The first-order valence-electron chi connectivity index (χ1n) is 5.48. The van der Waals surface area contributed by atoms with Gasteiger partial charge in [0.25, 0.3) is 5.56 Å². The highest BCUT2D eigenvalue weighted by Gasteiger charge is 2.15. The van der Waals surface area contributed by atoms with Crippen LogP contribution in [0.2, 0.25) is 0 Å². The van der Waals surface area contributed by atoms with E-state index in [1.54, 1.807) is 31.3 Å². The lowest BCUT2D eigenvalue weighted by molar-refractivity contribution is 0.0923. The number of amides is 1. The highest BCUT2D eigenvalue weighted by atomic mass is 79.9. The van der Waals surface area contributed by atoms with Gasteiger partial charge in [0.15, 0.2) is 5.76 Å². The van der Waals surface area contributed by atoms with Crippen molar-refractivity contribution in [1.29, 1.82) is 0 Å². The predicted molar refractivity (Wildman–Crippen MR) is 72.6 cm³/mol. The van der Waals surface area contributed by atoms with Crippen LogP contribution >= 0.6 is 15.9 Å². The fraction of sp³-hybridized carbons (Fsp3) is 0.167. The predicted octanol–water partition coefficient (Wildman–Crippen LogP) is 1.16. The summed E-state index contributed by atoms with van der Waals surface area (Å²) in [4.78, 5) is 23.2. The van der Waals surface area contributed by atoms with E-state index in [4.69, 9.17) is 10.3 Å². The van der Waals surface area contributed by atoms with Gasteiger partial charge in [-0.25, -0.2) is 5.84 Å². The molecule has 19 heavy (non-hydrogen) atoms. The molecule has 0 spiro atoms. The number of furan rings is 1. The Morgan fingerprint density at radius 3 is 3.00 bits per heavy atom. The zero-order valence-corrected chi connectivity index (χ0v) is 11.7. The number of aryl methyl sites for hydroxylation is 1. The Morgan fingerprint density at radius 2 is 2.32 bits per heavy atom. The number of carbonyl (C=O) groups is 1. The minimum atomic E-state index is -0.495. The lowest BCUT2D eigenvalue weighted by atomic mass is 10.2. The van der Waals surface area contributed by atoms with E-state index in [1.165, 1.54) is 4.57 Å². The molecule has 0 unspecified atom stereocenters. The molecule has 2 aromatic heterocycles. The van der Waals surface area contributed by atoms with Crippen LogP contribution in [0.1, 0.15) is 21.9 Å². The first-order chi connectivity index (χ1) is 9.02. The Labute approximate surface area is 117 Å². The van der Waals surface area contributed by atoms with E-state index >= 15 is 0 Å². The summed E-state index contributed by atoms with van der Waals surface area (Å²) in [5.74, 6) is 5.23. The Hall–Kier alpha value is -1.86. The van der Waals surface area contributed by atoms with Crippen LogP contribution in [0, 0.1) is 6.92 Å². The highest BCUT2D eigenvalue weighted by Crippen LogP contribution is 2.15. The molecular formula is C12H12BrN3O3. The molecule has 0 aliphatic carbocycles. The standard InChI is InChI=1S/C12H12BrN3O3/c1-7-5-8(19-10(7)11(17)15-14)6-16-4-2-3-9(13)12(16)18/h2-5H,6,14H2,1H3,(H,15,17). The topological polar surface area (TPSA) is 90.3 Å². The van der Waals surface area contributed by atoms with E-state index < -0.39 is 5.91 Å². The molecule has 0 aliphatic rings. The van der Waals surface area contributed by atoms with E-state index in [2.05, 4.69) is 15.9 Å². The SMILES string of the molecule is Cc1cc(Cn2cccc(Br)c2=O)oc1C(=O)NN. The van der Waals surface area contributed by atoms with Crippen LogP contribution in [0.15, 0.2) is 38.1 Å². The van der Waals surface area contributed by atoms with Crippen molar-refractivity contribution in [2.75, 3.05) is 0 Å². The first-order valence-corrected chi connectivity index (χ1v) is 6.27. The largest absolute Gasteiger partial charge is 0.454 e. The molecule has 2 heterocycles. The molecule has 0 bridgehead atoms. The number of hydrogen-bond donors (Lipinski definition) is 2. The van der Waals surface area contributed by atoms with Gasteiger partial charge in [-0.3, -0.25) is 15.0 Å². The van der Waals surface area contributed by atoms with Gasteiger partial charge in [0.2, 0.25) is 0 Å². The molecule has 0 aromatic carbocycles. The molecule has 0 saturated heterocycles. The van der Waals surface area contributed by atoms with Gasteiger partial charge in [0.05, 0.1) is 11.0 Å². The van der Waals surface area contributed by atoms with Gasteiger partial charge < -0.3 is 8.98 Å². The molecule has 1 amide bonds. The van der Waals surface area contributed by atoms with Crippen molar-refractivity contribution in [3.63, 3.8) is 0 Å². The third-order valence-electron chi connectivity index (χ3n) is 2.61. The van der Waals surface area contributed by atoms with Crippen LogP contribution < -0.4 is 16.8 Å². The number of hydrazine groups is 1. The fourth-order valence-corrected chi connectivity index (χ4v) is 2.10. The van der Waals surface area contributed by atoms with E-state index in [0.717, 1.165) is 0 Å². The van der Waals surface area contributed by atoms with Crippen LogP contribution in [-0.2, 0) is 6.54 Å². The van der Waals surface area contributed by atoms with Crippen LogP contribution in [0.4, 0.5) is 0 Å². The summed E-state index contributed by atoms with van der Waals surface area (Å²) < 4.78 is 7.35. The van der Waals surface area contributed by atoms with Gasteiger partial charge in [-0.05, 0) is 41.1 Å². The van der Waals surface area contributed by atoms with Gasteiger partial charge in [0, 0.05) is 11.8 Å². The average Bonchev–Trinajstić information content (AvgIpc) is 2.75. The maximum Gasteiger partial charge on any atom is 0.301 e. The second-order valence-electron chi connectivity index (χ2n) is 3.99. The lowest BCUT2D eigenvalue weighted by Gasteiger charge is -2.03. The summed E-state index contributed by atoms with van der Waals surface area (Å²) >= 11 is 3.17. The number of nitrogen functional groups attached to an aromatic ring is 1. The lowest BCUT2D eigenvalue weighted by Crippen LogP contribution is -2.30. The molecule has 100 valence electrons. The van der Waals surface area contributed by atoms with Crippen LogP contribution in [-0.4, -0.2) is 10.5 Å². The monoisotopic (exact) mass is 325 g/mol. The van der Waals surface area contributed by atoms with E-state index in [0.29, 0.717) is 15.8 Å². The van der Waals surface area contributed by atoms with Crippen molar-refractivity contribution in [3.8, 4) is 0 Å². The number of rotatable bonds is 3. The summed E-state index contributed by atoms with van der Waals surface area (Å²) in [6.07, 6.45) is 1.65. The van der Waals surface area contributed by atoms with E-state index in [9.17, 15) is 9.59 Å². The minimum Gasteiger partial charge on any atom is -0.454 e. The molecule has 3 N–H and O–H groups in total. The highest BCUT2D eigenvalue weighted by molar-refractivity contribution is 9.10. The molecule has 0 radical (unpaired) electrons. The summed E-state index contributed by atoms with van der Waals surface area (Å²) in [5.41, 5.74) is 2.51. The molecule has 0 fully saturated rings. The van der Waals surface area contributed by atoms with Gasteiger partial charge in [-0.2, -0.15) is 0 Å². The number of pyridine rings is 1. The van der Waals surface area contributed by atoms with Crippen molar-refractivity contribution in [1.82, 2.24) is 9.99 Å². The van der Waals surface area contributed by atoms with E-state index in [1.807, 2.05) is 5.43 Å².